The molecular weight excluding hydrogens is 615 g/mol. The third-order valence-electron chi connectivity index (χ3n) is 11.1. The summed E-state index contributed by atoms with van der Waals surface area (Å²) >= 11 is 0. The number of hydrogen-bond donors (Lipinski definition) is 0. The van der Waals surface area contributed by atoms with Gasteiger partial charge in [-0.3, -0.25) is 0 Å². The van der Waals surface area contributed by atoms with Gasteiger partial charge in [-0.2, -0.15) is 0 Å². The Bertz CT molecular complexity index is 2650. The van der Waals surface area contributed by atoms with E-state index in [9.17, 15) is 0 Å². The Hall–Kier alpha value is -6.44. The number of benzene rings is 8. The lowest BCUT2D eigenvalue weighted by molar-refractivity contribution is 0.795. The maximum absolute atomic E-state index is 4.13. The first-order chi connectivity index (χ1) is 25.1. The predicted molar refractivity (Wildman–Crippen MR) is 215 cm³/mol. The Balaban J connectivity index is 1.13. The van der Waals surface area contributed by atoms with E-state index in [1.807, 2.05) is 6.92 Å². The summed E-state index contributed by atoms with van der Waals surface area (Å²) in [4.78, 5) is 2.32. The number of para-hydroxylation sites is 1. The molecule has 0 aliphatic heterocycles. The second-order valence-corrected chi connectivity index (χ2v) is 13.9. The van der Waals surface area contributed by atoms with Gasteiger partial charge in [0.1, 0.15) is 0 Å². The van der Waals surface area contributed by atoms with Crippen molar-refractivity contribution in [3.63, 3.8) is 0 Å². The Morgan fingerprint density at radius 2 is 1.02 bits per heavy atom. The molecule has 240 valence electrons. The number of fused-ring (bicyclic) bond motifs is 12. The highest BCUT2D eigenvalue weighted by Gasteiger charge is 2.52. The molecule has 0 aromatic heterocycles. The van der Waals surface area contributed by atoms with Crippen LogP contribution in [0.4, 0.5) is 17.1 Å². The predicted octanol–water partition coefficient (Wildman–Crippen LogP) is 13.4. The normalized spacial score (nSPS) is 14.9. The van der Waals surface area contributed by atoms with Crippen molar-refractivity contribution in [1.82, 2.24) is 0 Å². The van der Waals surface area contributed by atoms with Crippen molar-refractivity contribution in [2.24, 2.45) is 0 Å². The third kappa shape index (κ3) is 4.28. The molecule has 0 radical (unpaired) electrons. The van der Waals surface area contributed by atoms with E-state index in [0.29, 0.717) is 0 Å². The number of allylic oxidation sites excluding steroid dienone is 1. The molecule has 0 saturated heterocycles. The minimum Gasteiger partial charge on any atom is -0.311 e. The fraction of sp³-hybridized carbons (Fsp3) is 0.0400. The van der Waals surface area contributed by atoms with Crippen molar-refractivity contribution in [1.29, 1.82) is 0 Å². The molecule has 1 atom stereocenters. The molecule has 51 heavy (non-hydrogen) atoms. The Kier molecular flexibility index (Phi) is 6.53. The molecule has 1 unspecified atom stereocenters. The van der Waals surface area contributed by atoms with Gasteiger partial charge in [0.2, 0.25) is 0 Å². The van der Waals surface area contributed by atoms with Crippen LogP contribution in [0.1, 0.15) is 34.7 Å². The van der Waals surface area contributed by atoms with E-state index in [1.54, 1.807) is 0 Å². The summed E-state index contributed by atoms with van der Waals surface area (Å²) in [6, 6.07) is 67.1. The largest absolute Gasteiger partial charge is 0.311 e. The SMILES string of the molecule is C=C(C)c1ccc(N(c2ccccc2)c2ccc(-c3ccc4c(c3)C3(c5ccccc5-4)c4ccccc4-c4c3ccc3ccccc43)cc2)cc1. The average Bonchev–Trinajstić information content (AvgIpc) is 3.66. The van der Waals surface area contributed by atoms with E-state index in [4.69, 9.17) is 0 Å². The van der Waals surface area contributed by atoms with Crippen LogP contribution in [0.25, 0.3) is 49.7 Å². The number of anilines is 3. The summed E-state index contributed by atoms with van der Waals surface area (Å²) in [5.41, 5.74) is 18.4. The Morgan fingerprint density at radius 3 is 1.76 bits per heavy atom. The molecule has 0 bridgehead atoms. The van der Waals surface area contributed by atoms with E-state index in [-0.39, 0.29) is 0 Å². The molecule has 0 fully saturated rings. The van der Waals surface area contributed by atoms with E-state index in [2.05, 4.69) is 193 Å². The highest BCUT2D eigenvalue weighted by molar-refractivity contribution is 6.06. The van der Waals surface area contributed by atoms with Crippen molar-refractivity contribution in [3.05, 3.63) is 216 Å². The molecule has 2 aliphatic carbocycles. The minimum atomic E-state index is -0.391. The van der Waals surface area contributed by atoms with Gasteiger partial charge in [-0.25, -0.2) is 0 Å². The summed E-state index contributed by atoms with van der Waals surface area (Å²) < 4.78 is 0. The zero-order valence-electron chi connectivity index (χ0n) is 28.5. The second-order valence-electron chi connectivity index (χ2n) is 13.9. The lowest BCUT2D eigenvalue weighted by Gasteiger charge is -2.31. The third-order valence-corrected chi connectivity index (χ3v) is 11.1. The summed E-state index contributed by atoms with van der Waals surface area (Å²) in [5.74, 6) is 0. The minimum absolute atomic E-state index is 0.391. The lowest BCUT2D eigenvalue weighted by atomic mass is 9.70. The summed E-state index contributed by atoms with van der Waals surface area (Å²) in [5, 5.41) is 2.59. The van der Waals surface area contributed by atoms with Gasteiger partial charge >= 0.3 is 0 Å². The Labute approximate surface area is 299 Å². The van der Waals surface area contributed by atoms with Crippen molar-refractivity contribution >= 4 is 33.4 Å². The first-order valence-electron chi connectivity index (χ1n) is 17.7. The van der Waals surface area contributed by atoms with Crippen molar-refractivity contribution in [3.8, 4) is 33.4 Å². The smallest absolute Gasteiger partial charge is 0.0725 e. The second kappa shape index (κ2) is 11.3. The molecule has 1 heteroatoms. The van der Waals surface area contributed by atoms with Crippen LogP contribution in [0, 0.1) is 0 Å². The maximum atomic E-state index is 4.13. The zero-order chi connectivity index (χ0) is 34.1. The topological polar surface area (TPSA) is 3.24 Å². The summed E-state index contributed by atoms with van der Waals surface area (Å²) in [7, 11) is 0. The first-order valence-corrected chi connectivity index (χ1v) is 17.7. The average molecular weight is 650 g/mol. The van der Waals surface area contributed by atoms with Crippen LogP contribution < -0.4 is 4.90 Å². The van der Waals surface area contributed by atoms with Gasteiger partial charge < -0.3 is 4.90 Å². The van der Waals surface area contributed by atoms with Gasteiger partial charge in [-0.15, -0.1) is 0 Å². The van der Waals surface area contributed by atoms with Crippen LogP contribution in [0.2, 0.25) is 0 Å². The molecule has 0 saturated carbocycles. The van der Waals surface area contributed by atoms with Crippen molar-refractivity contribution in [2.45, 2.75) is 12.3 Å². The summed E-state index contributed by atoms with van der Waals surface area (Å²) in [6.45, 7) is 6.18. The van der Waals surface area contributed by atoms with Crippen LogP contribution in [0.3, 0.4) is 0 Å². The van der Waals surface area contributed by atoms with Crippen LogP contribution in [-0.2, 0) is 5.41 Å². The van der Waals surface area contributed by atoms with Crippen LogP contribution in [0.15, 0.2) is 189 Å². The maximum Gasteiger partial charge on any atom is 0.0725 e. The van der Waals surface area contributed by atoms with Gasteiger partial charge in [0.25, 0.3) is 0 Å². The van der Waals surface area contributed by atoms with Gasteiger partial charge in [-0.1, -0.05) is 152 Å². The van der Waals surface area contributed by atoms with Gasteiger partial charge in [0.05, 0.1) is 5.41 Å². The van der Waals surface area contributed by atoms with E-state index in [1.165, 1.54) is 66.4 Å². The van der Waals surface area contributed by atoms with Gasteiger partial charge in [0, 0.05) is 17.1 Å². The zero-order valence-corrected chi connectivity index (χ0v) is 28.5. The van der Waals surface area contributed by atoms with Crippen molar-refractivity contribution < 1.29 is 0 Å². The fourth-order valence-corrected chi connectivity index (χ4v) is 8.81. The molecule has 1 nitrogen and oxygen atoms in total. The van der Waals surface area contributed by atoms with E-state index >= 15 is 0 Å². The highest BCUT2D eigenvalue weighted by Crippen LogP contribution is 2.64. The molecule has 0 heterocycles. The molecule has 8 aromatic rings. The van der Waals surface area contributed by atoms with Crippen LogP contribution in [0.5, 0.6) is 0 Å². The molecular formula is C50H35N. The summed E-state index contributed by atoms with van der Waals surface area (Å²) in [6.07, 6.45) is 0. The molecule has 0 amide bonds. The molecule has 2 aliphatic rings. The van der Waals surface area contributed by atoms with Crippen LogP contribution in [-0.4, -0.2) is 0 Å². The fourth-order valence-electron chi connectivity index (χ4n) is 8.81. The van der Waals surface area contributed by atoms with E-state index < -0.39 is 5.41 Å². The van der Waals surface area contributed by atoms with E-state index in [0.717, 1.165) is 28.2 Å². The number of hydrogen-bond acceptors (Lipinski definition) is 1. The quantitative estimate of drug-likeness (QED) is 0.179. The lowest BCUT2D eigenvalue weighted by Crippen LogP contribution is -2.25. The van der Waals surface area contributed by atoms with Gasteiger partial charge in [0.15, 0.2) is 0 Å². The van der Waals surface area contributed by atoms with Gasteiger partial charge in [-0.05, 0) is 121 Å². The highest BCUT2D eigenvalue weighted by atomic mass is 15.1. The standard InChI is InChI=1S/C50H35N/c1-33(2)34-20-26-39(27-21-34)51(38-13-4-3-5-14-38)40-28-22-35(23-29-40)37-24-30-43-42-16-8-10-18-45(42)50(48(43)32-37)46-19-11-9-17-44(46)49-41-15-7-6-12-36(41)25-31-47(49)50/h3-32H,1H2,2H3. The number of nitrogens with zero attached hydrogens (tertiary/aromatic N) is 1. The molecule has 1 spiro atoms. The molecule has 8 aromatic carbocycles. The molecule has 0 N–H and O–H groups in total. The van der Waals surface area contributed by atoms with Crippen LogP contribution >= 0.6 is 0 Å². The Morgan fingerprint density at radius 1 is 0.451 bits per heavy atom. The monoisotopic (exact) mass is 649 g/mol. The van der Waals surface area contributed by atoms with Crippen molar-refractivity contribution in [2.75, 3.05) is 4.90 Å². The molecule has 10 rings (SSSR count). The number of rotatable bonds is 5. The first kappa shape index (κ1) is 29.5.